The highest BCUT2D eigenvalue weighted by Crippen LogP contribution is 2.39. The van der Waals surface area contributed by atoms with Gasteiger partial charge in [0.05, 0.1) is 13.2 Å². The lowest BCUT2D eigenvalue weighted by Gasteiger charge is -2.20. The van der Waals surface area contributed by atoms with Gasteiger partial charge in [-0.25, -0.2) is 0 Å². The summed E-state index contributed by atoms with van der Waals surface area (Å²) in [5, 5.41) is 3.49. The second kappa shape index (κ2) is 6.95. The third kappa shape index (κ3) is 3.61. The van der Waals surface area contributed by atoms with Crippen LogP contribution in [0.15, 0.2) is 36.4 Å². The Morgan fingerprint density at radius 2 is 1.83 bits per heavy atom. The van der Waals surface area contributed by atoms with Crippen molar-refractivity contribution in [2.24, 2.45) is 0 Å². The van der Waals surface area contributed by atoms with Crippen molar-refractivity contribution >= 4 is 11.4 Å². The first-order chi connectivity index (χ1) is 11.2. The second-order valence-electron chi connectivity index (χ2n) is 6.29. The van der Waals surface area contributed by atoms with Gasteiger partial charge in [0.25, 0.3) is 0 Å². The van der Waals surface area contributed by atoms with Gasteiger partial charge in [0.1, 0.15) is 0 Å². The van der Waals surface area contributed by atoms with Crippen LogP contribution in [-0.2, 0) is 0 Å². The van der Waals surface area contributed by atoms with Crippen LogP contribution in [0.1, 0.15) is 36.8 Å². The molecule has 1 saturated carbocycles. The smallest absolute Gasteiger partial charge is 0.166 e. The maximum Gasteiger partial charge on any atom is 0.166 e. The number of aryl methyl sites for hydroxylation is 1. The summed E-state index contributed by atoms with van der Waals surface area (Å²) in [7, 11) is 1.70. The standard InChI is InChI=1S/C20H25NO2/c1-14-7-6-8-16(13-14)21-18-11-12-19(22-3)20(15(18)2)23-17-9-4-5-10-17/h6-8,11-13,17,21H,4-5,9-10H2,1-3H3. The van der Waals surface area contributed by atoms with Crippen LogP contribution in [0, 0.1) is 13.8 Å². The molecule has 0 atom stereocenters. The van der Waals surface area contributed by atoms with Crippen molar-refractivity contribution in [1.29, 1.82) is 0 Å². The van der Waals surface area contributed by atoms with E-state index in [1.807, 2.05) is 6.07 Å². The first-order valence-electron chi connectivity index (χ1n) is 8.35. The molecule has 1 fully saturated rings. The van der Waals surface area contributed by atoms with Crippen molar-refractivity contribution in [3.05, 3.63) is 47.5 Å². The lowest BCUT2D eigenvalue weighted by molar-refractivity contribution is 0.199. The van der Waals surface area contributed by atoms with Gasteiger partial charge in [-0.2, -0.15) is 0 Å². The van der Waals surface area contributed by atoms with Crippen molar-refractivity contribution in [2.45, 2.75) is 45.6 Å². The largest absolute Gasteiger partial charge is 0.493 e. The summed E-state index contributed by atoms with van der Waals surface area (Å²) in [6, 6.07) is 12.4. The van der Waals surface area contributed by atoms with Crippen LogP contribution in [0.5, 0.6) is 11.5 Å². The van der Waals surface area contributed by atoms with Crippen LogP contribution in [0.3, 0.4) is 0 Å². The number of anilines is 2. The molecule has 3 rings (SSSR count). The van der Waals surface area contributed by atoms with E-state index in [0.29, 0.717) is 6.10 Å². The van der Waals surface area contributed by atoms with Crippen LogP contribution in [-0.4, -0.2) is 13.2 Å². The van der Waals surface area contributed by atoms with Crippen LogP contribution in [0.2, 0.25) is 0 Å². The number of nitrogens with one attached hydrogen (secondary N) is 1. The first-order valence-corrected chi connectivity index (χ1v) is 8.35. The fraction of sp³-hybridized carbons (Fsp3) is 0.400. The van der Waals surface area contributed by atoms with E-state index in [9.17, 15) is 0 Å². The van der Waals surface area contributed by atoms with E-state index in [1.165, 1.54) is 18.4 Å². The summed E-state index contributed by atoms with van der Waals surface area (Å²) in [6.07, 6.45) is 5.10. The van der Waals surface area contributed by atoms with Gasteiger partial charge < -0.3 is 14.8 Å². The van der Waals surface area contributed by atoms with Crippen molar-refractivity contribution in [3.8, 4) is 11.5 Å². The quantitative estimate of drug-likeness (QED) is 0.804. The monoisotopic (exact) mass is 311 g/mol. The molecular formula is C20H25NO2. The Kier molecular flexibility index (Phi) is 4.75. The molecule has 2 aromatic rings. The molecule has 0 unspecified atom stereocenters. The van der Waals surface area contributed by atoms with Gasteiger partial charge in [-0.05, 0) is 69.4 Å². The molecule has 122 valence electrons. The zero-order valence-corrected chi connectivity index (χ0v) is 14.2. The van der Waals surface area contributed by atoms with Gasteiger partial charge in [0, 0.05) is 16.9 Å². The summed E-state index contributed by atoms with van der Waals surface area (Å²) in [4.78, 5) is 0. The Hall–Kier alpha value is -2.16. The van der Waals surface area contributed by atoms with E-state index in [4.69, 9.17) is 9.47 Å². The first kappa shape index (κ1) is 15.7. The zero-order chi connectivity index (χ0) is 16.2. The summed E-state index contributed by atoms with van der Waals surface area (Å²) < 4.78 is 11.8. The fourth-order valence-electron chi connectivity index (χ4n) is 3.16. The summed E-state index contributed by atoms with van der Waals surface area (Å²) >= 11 is 0. The number of methoxy groups -OCH3 is 1. The maximum atomic E-state index is 6.27. The van der Waals surface area contributed by atoms with E-state index in [2.05, 4.69) is 49.5 Å². The molecule has 0 bridgehead atoms. The van der Waals surface area contributed by atoms with Crippen molar-refractivity contribution in [2.75, 3.05) is 12.4 Å². The van der Waals surface area contributed by atoms with Crippen molar-refractivity contribution in [3.63, 3.8) is 0 Å². The molecule has 0 aliphatic heterocycles. The SMILES string of the molecule is COc1ccc(Nc2cccc(C)c2)c(C)c1OC1CCCC1. The third-order valence-corrected chi connectivity index (χ3v) is 4.47. The van der Waals surface area contributed by atoms with Crippen LogP contribution in [0.4, 0.5) is 11.4 Å². The lowest BCUT2D eigenvalue weighted by Crippen LogP contribution is -2.13. The topological polar surface area (TPSA) is 30.5 Å². The zero-order valence-electron chi connectivity index (χ0n) is 14.2. The highest BCUT2D eigenvalue weighted by molar-refractivity contribution is 5.69. The Morgan fingerprint density at radius 3 is 2.52 bits per heavy atom. The lowest BCUT2D eigenvalue weighted by atomic mass is 10.1. The number of ether oxygens (including phenoxy) is 2. The Morgan fingerprint density at radius 1 is 1.04 bits per heavy atom. The van der Waals surface area contributed by atoms with Crippen LogP contribution >= 0.6 is 0 Å². The van der Waals surface area contributed by atoms with Gasteiger partial charge in [-0.1, -0.05) is 12.1 Å². The van der Waals surface area contributed by atoms with Gasteiger partial charge >= 0.3 is 0 Å². The minimum absolute atomic E-state index is 0.316. The third-order valence-electron chi connectivity index (χ3n) is 4.47. The normalized spacial score (nSPS) is 14.7. The van der Waals surface area contributed by atoms with Gasteiger partial charge in [0.15, 0.2) is 11.5 Å². The minimum Gasteiger partial charge on any atom is -0.493 e. The molecule has 0 saturated heterocycles. The maximum absolute atomic E-state index is 6.27. The summed E-state index contributed by atoms with van der Waals surface area (Å²) in [5.41, 5.74) is 4.48. The van der Waals surface area contributed by atoms with Gasteiger partial charge in [-0.3, -0.25) is 0 Å². The predicted octanol–water partition coefficient (Wildman–Crippen LogP) is 5.38. The molecule has 3 heteroatoms. The molecule has 1 aliphatic rings. The van der Waals surface area contributed by atoms with Gasteiger partial charge in [0.2, 0.25) is 0 Å². The fourth-order valence-corrected chi connectivity index (χ4v) is 3.16. The molecule has 0 amide bonds. The second-order valence-corrected chi connectivity index (χ2v) is 6.29. The number of rotatable bonds is 5. The molecule has 0 heterocycles. The Bertz CT molecular complexity index is 675. The Balaban J connectivity index is 1.88. The van der Waals surface area contributed by atoms with E-state index in [-0.39, 0.29) is 0 Å². The van der Waals surface area contributed by atoms with Crippen molar-refractivity contribution < 1.29 is 9.47 Å². The molecule has 2 aromatic carbocycles. The van der Waals surface area contributed by atoms with Gasteiger partial charge in [-0.15, -0.1) is 0 Å². The molecule has 23 heavy (non-hydrogen) atoms. The highest BCUT2D eigenvalue weighted by Gasteiger charge is 2.21. The molecule has 3 nitrogen and oxygen atoms in total. The number of benzene rings is 2. The minimum atomic E-state index is 0.316. The average Bonchev–Trinajstić information content (AvgIpc) is 3.05. The van der Waals surface area contributed by atoms with E-state index < -0.39 is 0 Å². The highest BCUT2D eigenvalue weighted by atomic mass is 16.5. The molecular weight excluding hydrogens is 286 g/mol. The molecule has 1 aliphatic carbocycles. The van der Waals surface area contributed by atoms with E-state index in [1.54, 1.807) is 7.11 Å². The summed E-state index contributed by atoms with van der Waals surface area (Å²) in [6.45, 7) is 4.19. The molecule has 1 N–H and O–H groups in total. The number of hydrogen-bond acceptors (Lipinski definition) is 3. The Labute approximate surface area is 138 Å². The average molecular weight is 311 g/mol. The molecule has 0 spiro atoms. The van der Waals surface area contributed by atoms with Crippen molar-refractivity contribution in [1.82, 2.24) is 0 Å². The van der Waals surface area contributed by atoms with E-state index >= 15 is 0 Å². The van der Waals surface area contributed by atoms with Crippen LogP contribution in [0.25, 0.3) is 0 Å². The molecule has 0 aromatic heterocycles. The number of hydrogen-bond donors (Lipinski definition) is 1. The van der Waals surface area contributed by atoms with E-state index in [0.717, 1.165) is 41.3 Å². The molecule has 0 radical (unpaired) electrons. The summed E-state index contributed by atoms with van der Waals surface area (Å²) in [5.74, 6) is 1.68. The predicted molar refractivity (Wildman–Crippen MR) is 95.1 cm³/mol. The van der Waals surface area contributed by atoms with Crippen LogP contribution < -0.4 is 14.8 Å².